The topological polar surface area (TPSA) is 47.9 Å². The second-order valence-electron chi connectivity index (χ2n) is 5.83. The summed E-state index contributed by atoms with van der Waals surface area (Å²) < 4.78 is 16.3. The molecule has 2 aromatic carbocycles. The van der Waals surface area contributed by atoms with Gasteiger partial charge in [-0.2, -0.15) is 0 Å². The van der Waals surface area contributed by atoms with E-state index in [4.69, 9.17) is 14.2 Å². The van der Waals surface area contributed by atoms with Gasteiger partial charge in [0.25, 0.3) is 0 Å². The molecule has 1 fully saturated rings. The van der Waals surface area contributed by atoms with E-state index >= 15 is 0 Å². The van der Waals surface area contributed by atoms with Gasteiger partial charge in [0.05, 0.1) is 20.3 Å². The van der Waals surface area contributed by atoms with Gasteiger partial charge in [0.1, 0.15) is 12.4 Å². The van der Waals surface area contributed by atoms with E-state index in [2.05, 4.69) is 0 Å². The maximum absolute atomic E-state index is 10.1. The van der Waals surface area contributed by atoms with Crippen LogP contribution >= 0.6 is 0 Å². The molecule has 0 aromatic heterocycles. The Bertz CT molecular complexity index is 647. The molecule has 0 aliphatic heterocycles. The zero-order valence-electron chi connectivity index (χ0n) is 13.5. The van der Waals surface area contributed by atoms with Crippen LogP contribution in [0.15, 0.2) is 42.5 Å². The summed E-state index contributed by atoms with van der Waals surface area (Å²) in [6.45, 7) is 0.449. The quantitative estimate of drug-likeness (QED) is 0.846. The van der Waals surface area contributed by atoms with Crippen LogP contribution in [0.4, 0.5) is 0 Å². The molecule has 1 N–H and O–H groups in total. The van der Waals surface area contributed by atoms with E-state index in [1.54, 1.807) is 14.2 Å². The van der Waals surface area contributed by atoms with Crippen LogP contribution in [0.25, 0.3) is 0 Å². The highest BCUT2D eigenvalue weighted by molar-refractivity contribution is 5.42. The van der Waals surface area contributed by atoms with E-state index in [1.807, 2.05) is 42.5 Å². The lowest BCUT2D eigenvalue weighted by Crippen LogP contribution is -2.00. The number of rotatable bonds is 7. The summed E-state index contributed by atoms with van der Waals surface area (Å²) in [5.41, 5.74) is 1.97. The standard InChI is InChI=1S/C19H22O4/c1-21-17-10-3-13(11-18(17)22-2)12-23-16-8-6-15(7-9-16)19(20)14-4-5-14/h3,6-11,14,19-20H,4-5,12H2,1-2H3. The fourth-order valence-electron chi connectivity index (χ4n) is 2.58. The zero-order chi connectivity index (χ0) is 16.2. The molecule has 1 aliphatic carbocycles. The van der Waals surface area contributed by atoms with E-state index in [9.17, 15) is 5.11 Å². The van der Waals surface area contributed by atoms with Gasteiger partial charge in [-0.3, -0.25) is 0 Å². The van der Waals surface area contributed by atoms with Crippen LogP contribution in [0.5, 0.6) is 17.2 Å². The molecule has 2 aromatic rings. The Morgan fingerprint density at radius 2 is 1.70 bits per heavy atom. The number of hydrogen-bond acceptors (Lipinski definition) is 4. The predicted octanol–water partition coefficient (Wildman–Crippen LogP) is 3.73. The molecule has 23 heavy (non-hydrogen) atoms. The van der Waals surface area contributed by atoms with Gasteiger partial charge in [-0.25, -0.2) is 0 Å². The highest BCUT2D eigenvalue weighted by atomic mass is 16.5. The molecule has 0 heterocycles. The third-order valence-corrected chi connectivity index (χ3v) is 4.14. The Morgan fingerprint density at radius 3 is 2.30 bits per heavy atom. The molecule has 1 atom stereocenters. The highest BCUT2D eigenvalue weighted by Gasteiger charge is 2.30. The van der Waals surface area contributed by atoms with Gasteiger partial charge in [0.15, 0.2) is 11.5 Å². The fourth-order valence-corrected chi connectivity index (χ4v) is 2.58. The predicted molar refractivity (Wildman–Crippen MR) is 88.0 cm³/mol. The summed E-state index contributed by atoms with van der Waals surface area (Å²) in [7, 11) is 3.23. The van der Waals surface area contributed by atoms with E-state index < -0.39 is 0 Å². The number of methoxy groups -OCH3 is 2. The molecule has 122 valence electrons. The Kier molecular flexibility index (Phi) is 4.72. The molecule has 0 amide bonds. The first-order valence-corrected chi connectivity index (χ1v) is 7.83. The summed E-state index contributed by atoms with van der Waals surface area (Å²) in [5.74, 6) is 2.62. The van der Waals surface area contributed by atoms with Crippen molar-refractivity contribution >= 4 is 0 Å². The lowest BCUT2D eigenvalue weighted by molar-refractivity contribution is 0.153. The first kappa shape index (κ1) is 15.7. The molecule has 0 bridgehead atoms. The fraction of sp³-hybridized carbons (Fsp3) is 0.368. The minimum Gasteiger partial charge on any atom is -0.493 e. The van der Waals surface area contributed by atoms with Crippen LogP contribution < -0.4 is 14.2 Å². The molecule has 4 nitrogen and oxygen atoms in total. The van der Waals surface area contributed by atoms with Crippen molar-refractivity contribution in [2.45, 2.75) is 25.6 Å². The lowest BCUT2D eigenvalue weighted by atomic mass is 10.1. The van der Waals surface area contributed by atoms with Gasteiger partial charge in [0.2, 0.25) is 0 Å². The van der Waals surface area contributed by atoms with Crippen LogP contribution in [0.1, 0.15) is 30.1 Å². The van der Waals surface area contributed by atoms with E-state index in [0.717, 1.165) is 29.7 Å². The molecule has 0 saturated heterocycles. The number of ether oxygens (including phenoxy) is 3. The lowest BCUT2D eigenvalue weighted by Gasteiger charge is -2.12. The minimum atomic E-state index is -0.338. The molecular formula is C19H22O4. The van der Waals surface area contributed by atoms with E-state index in [1.165, 1.54) is 0 Å². The van der Waals surface area contributed by atoms with Gasteiger partial charge in [-0.05, 0) is 54.2 Å². The largest absolute Gasteiger partial charge is 0.493 e. The molecule has 1 saturated carbocycles. The van der Waals surface area contributed by atoms with Gasteiger partial charge in [0, 0.05) is 0 Å². The average molecular weight is 314 g/mol. The second kappa shape index (κ2) is 6.92. The van der Waals surface area contributed by atoms with Crippen molar-refractivity contribution in [3.05, 3.63) is 53.6 Å². The first-order chi connectivity index (χ1) is 11.2. The Labute approximate surface area is 136 Å². The maximum Gasteiger partial charge on any atom is 0.161 e. The van der Waals surface area contributed by atoms with Crippen molar-refractivity contribution < 1.29 is 19.3 Å². The van der Waals surface area contributed by atoms with Gasteiger partial charge >= 0.3 is 0 Å². The maximum atomic E-state index is 10.1. The van der Waals surface area contributed by atoms with Crippen LogP contribution in [0, 0.1) is 5.92 Å². The van der Waals surface area contributed by atoms with Crippen molar-refractivity contribution in [3.63, 3.8) is 0 Å². The molecule has 1 aliphatic rings. The van der Waals surface area contributed by atoms with Crippen molar-refractivity contribution in [1.29, 1.82) is 0 Å². The number of benzene rings is 2. The normalized spacial score (nSPS) is 15.1. The first-order valence-electron chi connectivity index (χ1n) is 7.83. The zero-order valence-corrected chi connectivity index (χ0v) is 13.5. The average Bonchev–Trinajstić information content (AvgIpc) is 3.44. The number of aliphatic hydroxyl groups is 1. The van der Waals surface area contributed by atoms with Crippen molar-refractivity contribution in [3.8, 4) is 17.2 Å². The summed E-state index contributed by atoms with van der Waals surface area (Å²) in [4.78, 5) is 0. The number of hydrogen-bond donors (Lipinski definition) is 1. The monoisotopic (exact) mass is 314 g/mol. The Hall–Kier alpha value is -2.20. The van der Waals surface area contributed by atoms with Gasteiger partial charge in [-0.15, -0.1) is 0 Å². The summed E-state index contributed by atoms with van der Waals surface area (Å²) >= 11 is 0. The van der Waals surface area contributed by atoms with Crippen LogP contribution in [-0.2, 0) is 6.61 Å². The molecule has 3 rings (SSSR count). The SMILES string of the molecule is COc1ccc(COc2ccc(C(O)C3CC3)cc2)cc1OC. The second-order valence-corrected chi connectivity index (χ2v) is 5.83. The van der Waals surface area contributed by atoms with Crippen molar-refractivity contribution in [2.24, 2.45) is 5.92 Å². The summed E-state index contributed by atoms with van der Waals surface area (Å²) in [6, 6.07) is 13.4. The van der Waals surface area contributed by atoms with Crippen LogP contribution in [0.2, 0.25) is 0 Å². The summed E-state index contributed by atoms with van der Waals surface area (Å²) in [5, 5.41) is 10.1. The third kappa shape index (κ3) is 3.77. The van der Waals surface area contributed by atoms with Crippen molar-refractivity contribution in [2.75, 3.05) is 14.2 Å². The van der Waals surface area contributed by atoms with E-state index in [0.29, 0.717) is 24.0 Å². The Balaban J connectivity index is 1.61. The smallest absolute Gasteiger partial charge is 0.161 e. The molecular weight excluding hydrogens is 292 g/mol. The van der Waals surface area contributed by atoms with Crippen molar-refractivity contribution in [1.82, 2.24) is 0 Å². The molecule has 1 unspecified atom stereocenters. The van der Waals surface area contributed by atoms with Crippen LogP contribution in [0.3, 0.4) is 0 Å². The highest BCUT2D eigenvalue weighted by Crippen LogP contribution is 2.41. The number of aliphatic hydroxyl groups excluding tert-OH is 1. The van der Waals surface area contributed by atoms with E-state index in [-0.39, 0.29) is 6.10 Å². The third-order valence-electron chi connectivity index (χ3n) is 4.14. The van der Waals surface area contributed by atoms with Gasteiger partial charge in [-0.1, -0.05) is 18.2 Å². The molecule has 0 spiro atoms. The minimum absolute atomic E-state index is 0.338. The summed E-state index contributed by atoms with van der Waals surface area (Å²) in [6.07, 6.45) is 1.91. The molecule has 0 radical (unpaired) electrons. The Morgan fingerprint density at radius 1 is 1.00 bits per heavy atom. The van der Waals surface area contributed by atoms with Crippen LogP contribution in [-0.4, -0.2) is 19.3 Å². The van der Waals surface area contributed by atoms with Gasteiger partial charge < -0.3 is 19.3 Å². The molecule has 4 heteroatoms.